The molecule has 0 aromatic heterocycles. The van der Waals surface area contributed by atoms with E-state index in [1.165, 1.54) is 16.5 Å². The molecule has 132 valence electrons. The third-order valence-corrected chi connectivity index (χ3v) is 5.05. The molecule has 0 fully saturated rings. The minimum absolute atomic E-state index is 0.111. The molecule has 0 aliphatic rings. The second-order valence-corrected chi connectivity index (χ2v) is 6.99. The molecule has 0 aliphatic carbocycles. The molecular weight excluding hydrogens is 345 g/mol. The van der Waals surface area contributed by atoms with Gasteiger partial charge in [-0.15, -0.1) is 11.8 Å². The van der Waals surface area contributed by atoms with E-state index >= 15 is 0 Å². The highest BCUT2D eigenvalue weighted by Gasteiger charge is 2.06. The van der Waals surface area contributed by atoms with E-state index in [0.29, 0.717) is 12.0 Å². The molecule has 0 spiro atoms. The number of halogens is 1. The van der Waals surface area contributed by atoms with Crippen LogP contribution in [0.2, 0.25) is 0 Å². The average molecular weight is 365 g/mol. The van der Waals surface area contributed by atoms with Gasteiger partial charge >= 0.3 is 0 Å². The molecule has 3 rings (SSSR count). The van der Waals surface area contributed by atoms with Crippen molar-refractivity contribution in [2.24, 2.45) is 0 Å². The molecule has 0 radical (unpaired) electrons. The lowest BCUT2D eigenvalue weighted by Gasteiger charge is -2.07. The van der Waals surface area contributed by atoms with Crippen molar-refractivity contribution in [1.82, 2.24) is 0 Å². The van der Waals surface area contributed by atoms with Gasteiger partial charge in [0.1, 0.15) is 5.82 Å². The van der Waals surface area contributed by atoms with Crippen LogP contribution in [0.15, 0.2) is 83.8 Å². The predicted molar refractivity (Wildman–Crippen MR) is 106 cm³/mol. The van der Waals surface area contributed by atoms with Gasteiger partial charge in [0, 0.05) is 22.8 Å². The lowest BCUT2D eigenvalue weighted by Crippen LogP contribution is -2.12. The number of rotatable bonds is 7. The Labute approximate surface area is 157 Å². The van der Waals surface area contributed by atoms with Crippen molar-refractivity contribution in [2.75, 3.05) is 5.32 Å². The first-order valence-electron chi connectivity index (χ1n) is 8.51. The first-order valence-corrected chi connectivity index (χ1v) is 9.49. The van der Waals surface area contributed by atoms with Gasteiger partial charge in [-0.1, -0.05) is 48.5 Å². The normalized spacial score (nSPS) is 10.5. The molecule has 1 N–H and O–H groups in total. The van der Waals surface area contributed by atoms with Crippen LogP contribution in [0.5, 0.6) is 0 Å². The highest BCUT2D eigenvalue weighted by molar-refractivity contribution is 7.98. The zero-order valence-corrected chi connectivity index (χ0v) is 15.1. The Bertz CT molecular complexity index is 850. The number of carbonyl (C=O) groups is 1. The monoisotopic (exact) mass is 365 g/mol. The summed E-state index contributed by atoms with van der Waals surface area (Å²) in [6.45, 7) is 0. The SMILES string of the molecule is O=C(CCc1ccccc1F)Nc1ccc(CSc2ccccc2)cc1. The molecule has 3 aromatic rings. The van der Waals surface area contributed by atoms with Gasteiger partial charge in [-0.2, -0.15) is 0 Å². The minimum atomic E-state index is -0.263. The molecule has 2 nitrogen and oxygen atoms in total. The fourth-order valence-electron chi connectivity index (χ4n) is 2.54. The maximum Gasteiger partial charge on any atom is 0.224 e. The maximum atomic E-state index is 13.6. The van der Waals surface area contributed by atoms with E-state index in [-0.39, 0.29) is 18.1 Å². The van der Waals surface area contributed by atoms with Crippen LogP contribution in [0.1, 0.15) is 17.5 Å². The number of amides is 1. The van der Waals surface area contributed by atoms with Gasteiger partial charge in [0.05, 0.1) is 0 Å². The average Bonchev–Trinajstić information content (AvgIpc) is 2.68. The van der Waals surface area contributed by atoms with Gasteiger partial charge in [-0.05, 0) is 47.9 Å². The molecule has 0 saturated carbocycles. The molecular formula is C22H20FNOS. The van der Waals surface area contributed by atoms with Gasteiger partial charge in [0.25, 0.3) is 0 Å². The zero-order valence-electron chi connectivity index (χ0n) is 14.3. The van der Waals surface area contributed by atoms with Crippen molar-refractivity contribution in [1.29, 1.82) is 0 Å². The second-order valence-electron chi connectivity index (χ2n) is 5.94. The predicted octanol–water partition coefficient (Wildman–Crippen LogP) is 5.69. The van der Waals surface area contributed by atoms with Crippen LogP contribution in [-0.2, 0) is 17.0 Å². The Morgan fingerprint density at radius 1 is 0.885 bits per heavy atom. The summed E-state index contributed by atoms with van der Waals surface area (Å²) < 4.78 is 13.6. The molecule has 1 amide bonds. The van der Waals surface area contributed by atoms with E-state index in [2.05, 4.69) is 17.4 Å². The van der Waals surface area contributed by atoms with E-state index in [0.717, 1.165) is 11.4 Å². The molecule has 4 heteroatoms. The van der Waals surface area contributed by atoms with Crippen molar-refractivity contribution < 1.29 is 9.18 Å². The molecule has 3 aromatic carbocycles. The van der Waals surface area contributed by atoms with E-state index in [1.54, 1.807) is 30.0 Å². The number of carbonyl (C=O) groups excluding carboxylic acids is 1. The van der Waals surface area contributed by atoms with Crippen LogP contribution in [0.3, 0.4) is 0 Å². The summed E-state index contributed by atoms with van der Waals surface area (Å²) in [6.07, 6.45) is 0.650. The standard InChI is InChI=1S/C22H20FNOS/c23-21-9-5-4-6-18(21)12-15-22(25)24-19-13-10-17(11-14-19)16-26-20-7-2-1-3-8-20/h1-11,13-14H,12,15-16H2,(H,24,25). The first-order chi connectivity index (χ1) is 12.7. The lowest BCUT2D eigenvalue weighted by molar-refractivity contribution is -0.116. The lowest BCUT2D eigenvalue weighted by atomic mass is 10.1. The Balaban J connectivity index is 1.47. The number of thioether (sulfide) groups is 1. The Kier molecular flexibility index (Phi) is 6.45. The second kappa shape index (κ2) is 9.20. The Morgan fingerprint density at radius 3 is 2.31 bits per heavy atom. The third kappa shape index (κ3) is 5.46. The smallest absolute Gasteiger partial charge is 0.224 e. The van der Waals surface area contributed by atoms with Gasteiger partial charge < -0.3 is 5.32 Å². The maximum absolute atomic E-state index is 13.6. The number of hydrogen-bond acceptors (Lipinski definition) is 2. The topological polar surface area (TPSA) is 29.1 Å². The fraction of sp³-hybridized carbons (Fsp3) is 0.136. The molecule has 0 aliphatic heterocycles. The summed E-state index contributed by atoms with van der Waals surface area (Å²) >= 11 is 1.78. The van der Waals surface area contributed by atoms with Crippen LogP contribution in [-0.4, -0.2) is 5.91 Å². The minimum Gasteiger partial charge on any atom is -0.326 e. The van der Waals surface area contributed by atoms with Crippen molar-refractivity contribution in [3.05, 3.63) is 95.8 Å². The molecule has 26 heavy (non-hydrogen) atoms. The van der Waals surface area contributed by atoms with Crippen LogP contribution >= 0.6 is 11.8 Å². The number of hydrogen-bond donors (Lipinski definition) is 1. The third-order valence-electron chi connectivity index (χ3n) is 3.97. The summed E-state index contributed by atoms with van der Waals surface area (Å²) in [5, 5.41) is 2.86. The molecule has 0 saturated heterocycles. The van der Waals surface area contributed by atoms with Crippen molar-refractivity contribution in [2.45, 2.75) is 23.5 Å². The summed E-state index contributed by atoms with van der Waals surface area (Å²) in [4.78, 5) is 13.3. The van der Waals surface area contributed by atoms with Gasteiger partial charge in [0.2, 0.25) is 5.91 Å². The highest BCUT2D eigenvalue weighted by Crippen LogP contribution is 2.23. The number of aryl methyl sites for hydroxylation is 1. The van der Waals surface area contributed by atoms with Gasteiger partial charge in [-0.3, -0.25) is 4.79 Å². The number of benzene rings is 3. The van der Waals surface area contributed by atoms with Gasteiger partial charge in [0.15, 0.2) is 0 Å². The van der Waals surface area contributed by atoms with Crippen LogP contribution in [0.4, 0.5) is 10.1 Å². The quantitative estimate of drug-likeness (QED) is 0.545. The first kappa shape index (κ1) is 18.2. The number of anilines is 1. The highest BCUT2D eigenvalue weighted by atomic mass is 32.2. The van der Waals surface area contributed by atoms with Crippen molar-refractivity contribution >= 4 is 23.4 Å². The van der Waals surface area contributed by atoms with E-state index in [9.17, 15) is 9.18 Å². The van der Waals surface area contributed by atoms with Gasteiger partial charge in [-0.25, -0.2) is 4.39 Å². The van der Waals surface area contributed by atoms with Crippen molar-refractivity contribution in [3.8, 4) is 0 Å². The molecule has 0 atom stereocenters. The number of nitrogens with one attached hydrogen (secondary N) is 1. The fourth-order valence-corrected chi connectivity index (χ4v) is 3.42. The largest absolute Gasteiger partial charge is 0.326 e. The Hall–Kier alpha value is -2.59. The van der Waals surface area contributed by atoms with Crippen molar-refractivity contribution in [3.63, 3.8) is 0 Å². The molecule has 0 unspecified atom stereocenters. The van der Waals surface area contributed by atoms with E-state index < -0.39 is 0 Å². The zero-order chi connectivity index (χ0) is 18.2. The van der Waals surface area contributed by atoms with Crippen LogP contribution in [0.25, 0.3) is 0 Å². The van der Waals surface area contributed by atoms with Crippen LogP contribution in [0, 0.1) is 5.82 Å². The summed E-state index contributed by atoms with van der Waals surface area (Å²) in [7, 11) is 0. The molecule has 0 bridgehead atoms. The van der Waals surface area contributed by atoms with E-state index in [1.807, 2.05) is 42.5 Å². The molecule has 0 heterocycles. The van der Waals surface area contributed by atoms with Crippen LogP contribution < -0.4 is 5.32 Å². The summed E-state index contributed by atoms with van der Waals surface area (Å²) in [5.74, 6) is 0.506. The Morgan fingerprint density at radius 2 is 1.58 bits per heavy atom. The summed E-state index contributed by atoms with van der Waals surface area (Å²) in [6, 6.07) is 24.6. The summed E-state index contributed by atoms with van der Waals surface area (Å²) in [5.41, 5.74) is 2.52. The van der Waals surface area contributed by atoms with E-state index in [4.69, 9.17) is 0 Å².